The summed E-state index contributed by atoms with van der Waals surface area (Å²) in [6, 6.07) is 4.15. The van der Waals surface area contributed by atoms with Crippen LogP contribution in [0.4, 0.5) is 0 Å². The lowest BCUT2D eigenvalue weighted by molar-refractivity contribution is -0.111. The summed E-state index contributed by atoms with van der Waals surface area (Å²) in [6.45, 7) is 12.1. The van der Waals surface area contributed by atoms with E-state index in [0.717, 1.165) is 54.6 Å². The van der Waals surface area contributed by atoms with Crippen molar-refractivity contribution in [1.29, 1.82) is 0 Å². The second-order valence-corrected chi connectivity index (χ2v) is 6.93. The van der Waals surface area contributed by atoms with Crippen molar-refractivity contribution in [1.82, 2.24) is 0 Å². The minimum atomic E-state index is -0.182. The lowest BCUT2D eigenvalue weighted by Gasteiger charge is -2.25. The zero-order chi connectivity index (χ0) is 19.5. The van der Waals surface area contributed by atoms with Gasteiger partial charge in [0.25, 0.3) is 0 Å². The van der Waals surface area contributed by atoms with Crippen LogP contribution >= 0.6 is 0 Å². The van der Waals surface area contributed by atoms with Gasteiger partial charge in [-0.05, 0) is 50.3 Å². The first-order valence-corrected chi connectivity index (χ1v) is 9.49. The fourth-order valence-corrected chi connectivity index (χ4v) is 3.30. The number of carbonyl (C=O) groups excluding carboxylic acids is 1. The van der Waals surface area contributed by atoms with Crippen LogP contribution in [0, 0.1) is 5.92 Å². The number of ether oxygens (including phenoxy) is 2. The number of aryl methyl sites for hydroxylation is 1. The van der Waals surface area contributed by atoms with Gasteiger partial charge in [-0.15, -0.1) is 13.2 Å². The molecule has 0 saturated heterocycles. The lowest BCUT2D eigenvalue weighted by Crippen LogP contribution is -2.15. The maximum Gasteiger partial charge on any atom is 0.126 e. The van der Waals surface area contributed by atoms with E-state index >= 15 is 0 Å². The molecule has 3 heteroatoms. The molecule has 0 aliphatic carbocycles. The van der Waals surface area contributed by atoms with Crippen LogP contribution in [-0.4, -0.2) is 20.5 Å². The standard InChI is InChI=1S/C23H34O3/c1-7-9-10-11-18-14-21(25-5)23(22(15-18)26-6)20(8-2)19(16-24)13-12-17(3)4/h8,14-16,19-20H,2-3,7,9-13H2,1,4-6H3/t19-,20-/m1/s1. The maximum absolute atomic E-state index is 11.8. The summed E-state index contributed by atoms with van der Waals surface area (Å²) in [5, 5.41) is 0. The first-order valence-electron chi connectivity index (χ1n) is 9.49. The second kappa shape index (κ2) is 11.6. The molecule has 1 aromatic rings. The molecule has 0 amide bonds. The van der Waals surface area contributed by atoms with Crippen LogP contribution in [0.25, 0.3) is 0 Å². The average molecular weight is 359 g/mol. The molecule has 144 valence electrons. The maximum atomic E-state index is 11.8. The van der Waals surface area contributed by atoms with Crippen LogP contribution in [0.3, 0.4) is 0 Å². The zero-order valence-corrected chi connectivity index (χ0v) is 16.8. The molecule has 1 aromatic carbocycles. The third-order valence-corrected chi connectivity index (χ3v) is 4.80. The molecule has 0 fully saturated rings. The van der Waals surface area contributed by atoms with E-state index in [4.69, 9.17) is 9.47 Å². The van der Waals surface area contributed by atoms with E-state index in [9.17, 15) is 4.79 Å². The highest BCUT2D eigenvalue weighted by molar-refractivity contribution is 5.61. The van der Waals surface area contributed by atoms with E-state index in [1.165, 1.54) is 18.4 Å². The number of allylic oxidation sites excluding steroid dienone is 2. The first-order chi connectivity index (χ1) is 12.5. The topological polar surface area (TPSA) is 35.5 Å². The van der Waals surface area contributed by atoms with Crippen LogP contribution in [0.2, 0.25) is 0 Å². The molecular weight excluding hydrogens is 324 g/mol. The third-order valence-electron chi connectivity index (χ3n) is 4.80. The molecule has 0 aliphatic rings. The van der Waals surface area contributed by atoms with Gasteiger partial charge in [-0.2, -0.15) is 0 Å². The minimum Gasteiger partial charge on any atom is -0.496 e. The van der Waals surface area contributed by atoms with E-state index in [1.54, 1.807) is 14.2 Å². The molecule has 0 spiro atoms. The summed E-state index contributed by atoms with van der Waals surface area (Å²) in [4.78, 5) is 11.8. The van der Waals surface area contributed by atoms with Crippen molar-refractivity contribution in [2.45, 2.75) is 58.3 Å². The Morgan fingerprint density at radius 2 is 1.81 bits per heavy atom. The molecule has 0 saturated carbocycles. The molecule has 0 unspecified atom stereocenters. The second-order valence-electron chi connectivity index (χ2n) is 6.93. The van der Waals surface area contributed by atoms with E-state index in [1.807, 2.05) is 13.0 Å². The van der Waals surface area contributed by atoms with Crippen LogP contribution < -0.4 is 9.47 Å². The summed E-state index contributed by atoms with van der Waals surface area (Å²) in [5.74, 6) is 1.20. The molecule has 0 aliphatic heterocycles. The van der Waals surface area contributed by atoms with Gasteiger partial charge in [0.1, 0.15) is 17.8 Å². The lowest BCUT2D eigenvalue weighted by atomic mass is 9.82. The van der Waals surface area contributed by atoms with Crippen LogP contribution in [0.15, 0.2) is 36.9 Å². The molecule has 2 atom stereocenters. The number of carbonyl (C=O) groups is 1. The minimum absolute atomic E-state index is 0.151. The molecule has 1 rings (SSSR count). The highest BCUT2D eigenvalue weighted by Gasteiger charge is 2.27. The predicted molar refractivity (Wildman–Crippen MR) is 109 cm³/mol. The van der Waals surface area contributed by atoms with Gasteiger partial charge in [-0.1, -0.05) is 31.4 Å². The SMILES string of the molecule is C=C[C@@H](c1c(OC)cc(CCCCC)cc1OC)[C@@H](C=O)CCC(=C)C. The Bertz CT molecular complexity index is 578. The smallest absolute Gasteiger partial charge is 0.126 e. The summed E-state index contributed by atoms with van der Waals surface area (Å²) < 4.78 is 11.4. The van der Waals surface area contributed by atoms with Gasteiger partial charge in [0.15, 0.2) is 0 Å². The molecule has 0 aromatic heterocycles. The fourth-order valence-electron chi connectivity index (χ4n) is 3.30. The quantitative estimate of drug-likeness (QED) is 0.251. The van der Waals surface area contributed by atoms with Gasteiger partial charge in [-0.25, -0.2) is 0 Å². The molecule has 0 radical (unpaired) electrons. The van der Waals surface area contributed by atoms with Crippen LogP contribution in [-0.2, 0) is 11.2 Å². The Morgan fingerprint density at radius 1 is 1.19 bits per heavy atom. The normalized spacial score (nSPS) is 12.9. The number of aldehydes is 1. The highest BCUT2D eigenvalue weighted by Crippen LogP contribution is 2.42. The van der Waals surface area contributed by atoms with Gasteiger partial charge >= 0.3 is 0 Å². The van der Waals surface area contributed by atoms with Crippen LogP contribution in [0.1, 0.15) is 63.0 Å². The number of hydrogen-bond acceptors (Lipinski definition) is 3. The number of benzene rings is 1. The summed E-state index contributed by atoms with van der Waals surface area (Å²) in [7, 11) is 3.33. The Labute approximate surface area is 159 Å². The third kappa shape index (κ3) is 6.05. The summed E-state index contributed by atoms with van der Waals surface area (Å²) >= 11 is 0. The van der Waals surface area contributed by atoms with Gasteiger partial charge < -0.3 is 14.3 Å². The number of unbranched alkanes of at least 4 members (excludes halogenated alkanes) is 2. The number of rotatable bonds is 13. The summed E-state index contributed by atoms with van der Waals surface area (Å²) in [5.41, 5.74) is 3.18. The zero-order valence-electron chi connectivity index (χ0n) is 16.8. The van der Waals surface area contributed by atoms with Gasteiger partial charge in [0, 0.05) is 17.4 Å². The monoisotopic (exact) mass is 358 g/mol. The number of methoxy groups -OCH3 is 2. The molecular formula is C23H34O3. The number of hydrogen-bond donors (Lipinski definition) is 0. The van der Waals surface area contributed by atoms with Gasteiger partial charge in [0.2, 0.25) is 0 Å². The Hall–Kier alpha value is -2.03. The van der Waals surface area contributed by atoms with Crippen molar-refractivity contribution in [3.05, 3.63) is 48.1 Å². The highest BCUT2D eigenvalue weighted by atomic mass is 16.5. The van der Waals surface area contributed by atoms with Crippen molar-refractivity contribution in [3.63, 3.8) is 0 Å². The largest absolute Gasteiger partial charge is 0.496 e. The Kier molecular flexibility index (Phi) is 9.79. The molecule has 0 heterocycles. The predicted octanol–water partition coefficient (Wildman–Crippen LogP) is 5.88. The van der Waals surface area contributed by atoms with E-state index in [2.05, 4.69) is 32.2 Å². The molecule has 3 nitrogen and oxygen atoms in total. The van der Waals surface area contributed by atoms with Crippen molar-refractivity contribution in [3.8, 4) is 11.5 Å². The van der Waals surface area contributed by atoms with E-state index in [0.29, 0.717) is 0 Å². The van der Waals surface area contributed by atoms with E-state index in [-0.39, 0.29) is 11.8 Å². The van der Waals surface area contributed by atoms with Gasteiger partial charge in [0.05, 0.1) is 14.2 Å². The molecule has 26 heavy (non-hydrogen) atoms. The molecule has 0 N–H and O–H groups in total. The Balaban J connectivity index is 3.25. The van der Waals surface area contributed by atoms with Crippen molar-refractivity contribution in [2.24, 2.45) is 5.92 Å². The fraction of sp³-hybridized carbons (Fsp3) is 0.522. The Morgan fingerprint density at radius 3 is 2.23 bits per heavy atom. The van der Waals surface area contributed by atoms with E-state index < -0.39 is 0 Å². The van der Waals surface area contributed by atoms with Crippen LogP contribution in [0.5, 0.6) is 11.5 Å². The van der Waals surface area contributed by atoms with Crippen molar-refractivity contribution >= 4 is 6.29 Å². The average Bonchev–Trinajstić information content (AvgIpc) is 2.64. The van der Waals surface area contributed by atoms with Gasteiger partial charge in [-0.3, -0.25) is 0 Å². The summed E-state index contributed by atoms with van der Waals surface area (Å²) in [6.07, 6.45) is 8.92. The molecule has 0 bridgehead atoms. The first kappa shape index (κ1) is 22.0. The van der Waals surface area contributed by atoms with Crippen molar-refractivity contribution < 1.29 is 14.3 Å². The van der Waals surface area contributed by atoms with Crippen molar-refractivity contribution in [2.75, 3.05) is 14.2 Å².